The van der Waals surface area contributed by atoms with Crippen LogP contribution in [0.5, 0.6) is 5.75 Å². The van der Waals surface area contributed by atoms with Crippen LogP contribution in [0.2, 0.25) is 0 Å². The third-order valence-corrected chi connectivity index (χ3v) is 7.71. The van der Waals surface area contributed by atoms with Gasteiger partial charge in [0.1, 0.15) is 11.6 Å². The van der Waals surface area contributed by atoms with Gasteiger partial charge in [0.25, 0.3) is 5.56 Å². The van der Waals surface area contributed by atoms with E-state index in [1.807, 2.05) is 24.3 Å². The van der Waals surface area contributed by atoms with E-state index in [2.05, 4.69) is 31.1 Å². The van der Waals surface area contributed by atoms with E-state index in [1.54, 1.807) is 12.3 Å². The van der Waals surface area contributed by atoms with Crippen molar-refractivity contribution < 1.29 is 13.9 Å². The minimum absolute atomic E-state index is 0.0872. The highest BCUT2D eigenvalue weighted by Gasteiger charge is 2.42. The molecule has 8 heteroatoms. The average Bonchev–Trinajstić information content (AvgIpc) is 3.09. The number of aromatic amines is 1. The first kappa shape index (κ1) is 22.9. The van der Waals surface area contributed by atoms with E-state index < -0.39 is 0 Å². The quantitative estimate of drug-likeness (QED) is 0.472. The highest BCUT2D eigenvalue weighted by atomic mass is 79.9. The highest BCUT2D eigenvalue weighted by molar-refractivity contribution is 9.10. The second-order valence-electron chi connectivity index (χ2n) is 9.19. The smallest absolute Gasteiger partial charge is 0.255 e. The van der Waals surface area contributed by atoms with E-state index >= 15 is 0 Å². The summed E-state index contributed by atoms with van der Waals surface area (Å²) in [4.78, 5) is 29.8. The molecule has 2 bridgehead atoms. The van der Waals surface area contributed by atoms with Crippen molar-refractivity contribution in [2.45, 2.75) is 56.7 Å². The molecule has 2 saturated heterocycles. The van der Waals surface area contributed by atoms with Crippen LogP contribution in [0.15, 0.2) is 51.9 Å². The maximum atomic E-state index is 14.4. The van der Waals surface area contributed by atoms with Crippen LogP contribution in [0, 0.1) is 5.82 Å². The van der Waals surface area contributed by atoms with Gasteiger partial charge in [0, 0.05) is 47.9 Å². The number of carbonyl (C=O) groups excluding carboxylic acids is 1. The number of pyridine rings is 1. The molecule has 2 aliphatic heterocycles. The van der Waals surface area contributed by atoms with Crippen molar-refractivity contribution in [3.8, 4) is 5.75 Å². The monoisotopic (exact) mass is 527 g/mol. The molecule has 2 aliphatic rings. The molecule has 2 N–H and O–H groups in total. The molecule has 5 rings (SSSR count). The second kappa shape index (κ2) is 9.41. The number of nitrogens with zero attached hydrogens (tertiary/aromatic N) is 1. The highest BCUT2D eigenvalue weighted by Crippen LogP contribution is 2.38. The van der Waals surface area contributed by atoms with Crippen molar-refractivity contribution in [1.29, 1.82) is 0 Å². The molecule has 2 aromatic carbocycles. The lowest BCUT2D eigenvalue weighted by Gasteiger charge is -2.39. The number of rotatable bonds is 6. The van der Waals surface area contributed by atoms with Crippen LogP contribution in [-0.2, 0) is 11.2 Å². The second-order valence-corrected chi connectivity index (χ2v) is 10.0. The van der Waals surface area contributed by atoms with Gasteiger partial charge < -0.3 is 19.9 Å². The first-order chi connectivity index (χ1) is 16.4. The van der Waals surface area contributed by atoms with Crippen LogP contribution >= 0.6 is 15.9 Å². The van der Waals surface area contributed by atoms with Gasteiger partial charge in [-0.25, -0.2) is 4.39 Å². The summed E-state index contributed by atoms with van der Waals surface area (Å²) < 4.78 is 20.2. The minimum Gasteiger partial charge on any atom is -0.495 e. The van der Waals surface area contributed by atoms with Crippen molar-refractivity contribution in [2.24, 2.45) is 0 Å². The van der Waals surface area contributed by atoms with Gasteiger partial charge in [-0.1, -0.05) is 0 Å². The molecular formula is C26H27BrFN3O3. The van der Waals surface area contributed by atoms with Crippen molar-refractivity contribution in [3.05, 3.63) is 68.8 Å². The van der Waals surface area contributed by atoms with Crippen LogP contribution in [-0.4, -0.2) is 41.0 Å². The fourth-order valence-corrected chi connectivity index (χ4v) is 6.06. The molecule has 178 valence electrons. The van der Waals surface area contributed by atoms with Crippen LogP contribution in [0.25, 0.3) is 10.8 Å². The van der Waals surface area contributed by atoms with Crippen LogP contribution in [0.3, 0.4) is 0 Å². The SMILES string of the molecule is COc1cc(F)c(CCC(=O)N2[C@@H]3CC[C@H]2CC(Nc2ccc4c(=O)[nH]ccc4c2)C3)cc1Br. The van der Waals surface area contributed by atoms with Gasteiger partial charge >= 0.3 is 0 Å². The lowest BCUT2D eigenvalue weighted by atomic mass is 9.96. The van der Waals surface area contributed by atoms with Gasteiger partial charge in [0.2, 0.25) is 5.91 Å². The molecule has 34 heavy (non-hydrogen) atoms. The maximum Gasteiger partial charge on any atom is 0.255 e. The molecule has 0 radical (unpaired) electrons. The minimum atomic E-state index is -0.351. The van der Waals surface area contributed by atoms with Gasteiger partial charge in [0.05, 0.1) is 11.6 Å². The van der Waals surface area contributed by atoms with Crippen LogP contribution < -0.4 is 15.6 Å². The van der Waals surface area contributed by atoms with Gasteiger partial charge in [-0.2, -0.15) is 0 Å². The van der Waals surface area contributed by atoms with E-state index in [9.17, 15) is 14.0 Å². The van der Waals surface area contributed by atoms with Crippen molar-refractivity contribution in [2.75, 3.05) is 12.4 Å². The number of aryl methyl sites for hydroxylation is 1. The molecule has 1 amide bonds. The van der Waals surface area contributed by atoms with Gasteiger partial charge in [-0.05, 0) is 89.3 Å². The molecule has 1 aromatic heterocycles. The largest absolute Gasteiger partial charge is 0.495 e. The van der Waals surface area contributed by atoms with Crippen LogP contribution in [0.1, 0.15) is 37.7 Å². The lowest BCUT2D eigenvalue weighted by Crippen LogP contribution is -2.49. The predicted molar refractivity (Wildman–Crippen MR) is 134 cm³/mol. The Labute approximate surface area is 205 Å². The van der Waals surface area contributed by atoms with Gasteiger partial charge in [0.15, 0.2) is 0 Å². The van der Waals surface area contributed by atoms with E-state index in [-0.39, 0.29) is 35.4 Å². The van der Waals surface area contributed by atoms with Crippen molar-refractivity contribution >= 4 is 38.3 Å². The number of methoxy groups -OCH3 is 1. The number of benzene rings is 2. The third kappa shape index (κ3) is 4.43. The number of aromatic nitrogens is 1. The number of carbonyl (C=O) groups is 1. The molecule has 3 aromatic rings. The molecule has 3 atom stereocenters. The summed E-state index contributed by atoms with van der Waals surface area (Å²) in [6, 6.07) is 11.4. The number of halogens is 2. The summed E-state index contributed by atoms with van der Waals surface area (Å²) in [5.74, 6) is 0.191. The Balaban J connectivity index is 1.22. The summed E-state index contributed by atoms with van der Waals surface area (Å²) in [6.45, 7) is 0. The summed E-state index contributed by atoms with van der Waals surface area (Å²) in [6.07, 6.45) is 6.10. The first-order valence-corrected chi connectivity index (χ1v) is 12.4. The fraction of sp³-hybridized carbons (Fsp3) is 0.385. The number of nitrogens with one attached hydrogen (secondary N) is 2. The number of ether oxygens (including phenoxy) is 1. The third-order valence-electron chi connectivity index (χ3n) is 7.09. The average molecular weight is 528 g/mol. The Morgan fingerprint density at radius 2 is 1.97 bits per heavy atom. The molecule has 1 unspecified atom stereocenters. The zero-order valence-electron chi connectivity index (χ0n) is 18.9. The summed E-state index contributed by atoms with van der Waals surface area (Å²) in [7, 11) is 1.50. The molecule has 2 fully saturated rings. The number of hydrogen-bond acceptors (Lipinski definition) is 4. The van der Waals surface area contributed by atoms with Crippen molar-refractivity contribution in [1.82, 2.24) is 9.88 Å². The normalized spacial score (nSPS) is 21.6. The predicted octanol–water partition coefficient (Wildman–Crippen LogP) is 5.01. The zero-order valence-corrected chi connectivity index (χ0v) is 20.5. The molecule has 0 spiro atoms. The number of piperidine rings is 1. The molecule has 3 heterocycles. The van der Waals surface area contributed by atoms with Crippen LogP contribution in [0.4, 0.5) is 10.1 Å². The van der Waals surface area contributed by atoms with Gasteiger partial charge in [-0.15, -0.1) is 0 Å². The molecular weight excluding hydrogens is 501 g/mol. The summed E-state index contributed by atoms with van der Waals surface area (Å²) >= 11 is 3.39. The Morgan fingerprint density at radius 3 is 2.71 bits per heavy atom. The van der Waals surface area contributed by atoms with E-state index in [0.29, 0.717) is 34.0 Å². The standard InChI is InChI=1S/C26H27BrFN3O3/c1-34-24-14-23(28)16(11-22(24)27)2-7-25(32)31-19-4-5-20(31)13-18(12-19)30-17-3-6-21-15(10-17)8-9-29-26(21)33/h3,6,8-11,14,18-20,30H,2,4-5,7,12-13H2,1H3,(H,29,33)/t18?,19-,20+. The maximum absolute atomic E-state index is 14.4. The molecule has 0 saturated carbocycles. The molecule has 0 aliphatic carbocycles. The zero-order chi connectivity index (χ0) is 23.8. The Kier molecular flexibility index (Phi) is 6.34. The number of H-pyrrole nitrogens is 1. The van der Waals surface area contributed by atoms with E-state index in [4.69, 9.17) is 4.74 Å². The Morgan fingerprint density at radius 1 is 1.21 bits per heavy atom. The lowest BCUT2D eigenvalue weighted by molar-refractivity contribution is -0.135. The fourth-order valence-electron chi connectivity index (χ4n) is 5.51. The van der Waals surface area contributed by atoms with E-state index in [1.165, 1.54) is 13.2 Å². The van der Waals surface area contributed by atoms with Gasteiger partial charge in [-0.3, -0.25) is 9.59 Å². The number of fused-ring (bicyclic) bond motifs is 3. The Bertz CT molecular complexity index is 1280. The topological polar surface area (TPSA) is 74.4 Å². The summed E-state index contributed by atoms with van der Waals surface area (Å²) in [5, 5.41) is 5.20. The van der Waals surface area contributed by atoms with E-state index in [0.717, 1.165) is 36.8 Å². The van der Waals surface area contributed by atoms with Crippen molar-refractivity contribution in [3.63, 3.8) is 0 Å². The number of hydrogen-bond donors (Lipinski definition) is 2. The Hall–Kier alpha value is -2.87. The number of anilines is 1. The molecule has 6 nitrogen and oxygen atoms in total. The summed E-state index contributed by atoms with van der Waals surface area (Å²) in [5.41, 5.74) is 1.42. The number of amides is 1. The first-order valence-electron chi connectivity index (χ1n) is 11.6.